The molecule has 4 rings (SSSR count). The Morgan fingerprint density at radius 3 is 2.00 bits per heavy atom. The number of benzene rings is 1. The number of nitrogens with zero attached hydrogens (tertiary/aromatic N) is 6. The second kappa shape index (κ2) is 13.2. The largest absolute Gasteiger partial charge is 0.511 e. The summed E-state index contributed by atoms with van der Waals surface area (Å²) in [6, 6.07) is 10.5. The van der Waals surface area contributed by atoms with E-state index in [1.165, 1.54) is 25.7 Å². The normalized spacial score (nSPS) is 13.5. The molecule has 3 heterocycles. The predicted molar refractivity (Wildman–Crippen MR) is 188 cm³/mol. The number of hydrogen-bond donors (Lipinski definition) is 1. The van der Waals surface area contributed by atoms with Crippen molar-refractivity contribution in [1.29, 1.82) is 0 Å². The summed E-state index contributed by atoms with van der Waals surface area (Å²) in [6.07, 6.45) is 2.23. The first-order valence-corrected chi connectivity index (χ1v) is 15.9. The SMILES string of the molecule is BC(B)(B)Oc1cccc(OC(B)(B)B)c1-n1c(NS(=O)(=O)[C@@H](C)[C@H](OC)c2ncc(C)cn2)nnc1-c1cccc(OC)n1. The standard InChI is InChI=1S/C25H35B6N7O6S/c1-13-11-32-21(33-12-13)20(42-4)14(2)45(39,40)37-23-36-35-22(15-7-5-10-18(34-15)41-3)38(23)19-16(43-24(26,27)28)8-6-9-17(19)44-25(29,30)31/h5-12,14,20H,26-31H2,1-4H3,(H,36,37)/t14-,20-/m0/s1. The Balaban J connectivity index is 1.94. The molecule has 3 aromatic heterocycles. The molecule has 0 bridgehead atoms. The van der Waals surface area contributed by atoms with Gasteiger partial charge in [-0.2, -0.15) is 0 Å². The molecule has 1 aromatic carbocycles. The monoisotopic (exact) mass is 627 g/mol. The summed E-state index contributed by atoms with van der Waals surface area (Å²) >= 11 is 0. The number of sulfonamides is 1. The number of anilines is 1. The highest BCUT2D eigenvalue weighted by Crippen LogP contribution is 2.39. The molecule has 0 radical (unpaired) electrons. The molecule has 0 aliphatic rings. The number of para-hydroxylation sites is 1. The average molecular weight is 627 g/mol. The lowest BCUT2D eigenvalue weighted by molar-refractivity contribution is 0.0949. The molecule has 45 heavy (non-hydrogen) atoms. The first-order chi connectivity index (χ1) is 21.0. The van der Waals surface area contributed by atoms with Crippen LogP contribution >= 0.6 is 0 Å². The third-order valence-corrected chi connectivity index (χ3v) is 7.99. The molecular weight excluding hydrogens is 591 g/mol. The molecule has 230 valence electrons. The molecule has 1 N–H and O–H groups in total. The Bertz CT molecular complexity index is 1720. The minimum Gasteiger partial charge on any atom is -0.511 e. The van der Waals surface area contributed by atoms with E-state index in [0.29, 0.717) is 28.8 Å². The van der Waals surface area contributed by atoms with Gasteiger partial charge in [0.25, 0.3) is 0 Å². The summed E-state index contributed by atoms with van der Waals surface area (Å²) in [6.45, 7) is 3.35. The fourth-order valence-electron chi connectivity index (χ4n) is 4.37. The summed E-state index contributed by atoms with van der Waals surface area (Å²) < 4.78 is 55.8. The van der Waals surface area contributed by atoms with Crippen molar-refractivity contribution in [2.45, 2.75) is 35.8 Å². The summed E-state index contributed by atoms with van der Waals surface area (Å²) in [5, 5.41) is 6.31. The lowest BCUT2D eigenvalue weighted by atomic mass is 9.52. The maximum atomic E-state index is 14.0. The summed E-state index contributed by atoms with van der Waals surface area (Å²) in [5.41, 5.74) is 1.58. The van der Waals surface area contributed by atoms with Crippen molar-refractivity contribution < 1.29 is 27.4 Å². The maximum absolute atomic E-state index is 14.0. The molecule has 13 nitrogen and oxygen atoms in total. The van der Waals surface area contributed by atoms with Gasteiger partial charge in [0, 0.05) is 36.2 Å². The van der Waals surface area contributed by atoms with Crippen LogP contribution in [0.1, 0.15) is 24.4 Å². The molecule has 20 heteroatoms. The van der Waals surface area contributed by atoms with Gasteiger partial charge >= 0.3 is 0 Å². The maximum Gasteiger partial charge on any atom is 0.243 e. The molecule has 4 aromatic rings. The summed E-state index contributed by atoms with van der Waals surface area (Å²) in [7, 11) is 10.2. The number of hydrogen-bond acceptors (Lipinski definition) is 11. The number of methoxy groups -OCH3 is 2. The predicted octanol–water partition coefficient (Wildman–Crippen LogP) is -3.27. The Hall–Kier alpha value is -3.91. The van der Waals surface area contributed by atoms with E-state index in [1.54, 1.807) is 48.8 Å². The van der Waals surface area contributed by atoms with E-state index in [1.807, 2.05) is 54.0 Å². The van der Waals surface area contributed by atoms with Crippen LogP contribution in [-0.4, -0.2) is 115 Å². The average Bonchev–Trinajstić information content (AvgIpc) is 3.35. The summed E-state index contributed by atoms with van der Waals surface area (Å²) in [4.78, 5) is 13.1. The van der Waals surface area contributed by atoms with Crippen molar-refractivity contribution in [3.8, 4) is 34.6 Å². The van der Waals surface area contributed by atoms with Crippen LogP contribution in [0.2, 0.25) is 0 Å². The lowest BCUT2D eigenvalue weighted by Crippen LogP contribution is -2.39. The lowest BCUT2D eigenvalue weighted by Gasteiger charge is -2.29. The van der Waals surface area contributed by atoms with Crippen LogP contribution in [0.15, 0.2) is 48.8 Å². The Kier molecular flexibility index (Phi) is 9.97. The van der Waals surface area contributed by atoms with Crippen molar-refractivity contribution in [1.82, 2.24) is 29.7 Å². The van der Waals surface area contributed by atoms with E-state index in [2.05, 4.69) is 29.9 Å². The van der Waals surface area contributed by atoms with Gasteiger partial charge in [-0.3, -0.25) is 9.29 Å². The number of pyridine rings is 1. The molecule has 2 atom stereocenters. The zero-order valence-corrected chi connectivity index (χ0v) is 28.1. The van der Waals surface area contributed by atoms with Crippen molar-refractivity contribution in [2.75, 3.05) is 18.9 Å². The fraction of sp³-hybridized carbons (Fsp3) is 0.320. The number of aromatic nitrogens is 6. The number of aryl methyl sites for hydroxylation is 1. The molecule has 0 saturated carbocycles. The fourth-order valence-corrected chi connectivity index (χ4v) is 5.50. The van der Waals surface area contributed by atoms with Crippen LogP contribution in [0.4, 0.5) is 5.95 Å². The molecular formula is C25H35B6N7O6S. The van der Waals surface area contributed by atoms with Gasteiger partial charge < -0.3 is 18.9 Å². The smallest absolute Gasteiger partial charge is 0.243 e. The molecule has 0 fully saturated rings. The highest BCUT2D eigenvalue weighted by molar-refractivity contribution is 7.93. The highest BCUT2D eigenvalue weighted by Gasteiger charge is 2.35. The molecule has 0 saturated heterocycles. The summed E-state index contributed by atoms with van der Waals surface area (Å²) in [5.74, 6) is 1.48. The van der Waals surface area contributed by atoms with Gasteiger partial charge in [0.2, 0.25) is 21.9 Å². The van der Waals surface area contributed by atoms with Crippen molar-refractivity contribution in [2.24, 2.45) is 0 Å². The molecule has 0 aliphatic carbocycles. The van der Waals surface area contributed by atoms with Gasteiger partial charge in [0.05, 0.1) is 7.11 Å². The van der Waals surface area contributed by atoms with Gasteiger partial charge in [0.15, 0.2) is 11.6 Å². The second-order valence-corrected chi connectivity index (χ2v) is 14.4. The van der Waals surface area contributed by atoms with Gasteiger partial charge in [0.1, 0.15) is 81.3 Å². The van der Waals surface area contributed by atoms with Crippen LogP contribution in [0.25, 0.3) is 17.2 Å². The Labute approximate surface area is 269 Å². The van der Waals surface area contributed by atoms with E-state index < -0.39 is 32.0 Å². The van der Waals surface area contributed by atoms with E-state index >= 15 is 0 Å². The van der Waals surface area contributed by atoms with Crippen LogP contribution in [0, 0.1) is 6.92 Å². The number of nitrogens with one attached hydrogen (secondary N) is 1. The van der Waals surface area contributed by atoms with E-state index in [9.17, 15) is 8.42 Å². The van der Waals surface area contributed by atoms with Crippen LogP contribution in [0.3, 0.4) is 0 Å². The quantitative estimate of drug-likeness (QED) is 0.149. The first kappa shape index (κ1) is 34.0. The van der Waals surface area contributed by atoms with Crippen molar-refractivity contribution in [3.05, 3.63) is 60.2 Å². The number of ether oxygens (including phenoxy) is 4. The van der Waals surface area contributed by atoms with Crippen molar-refractivity contribution >= 4 is 63.0 Å². The van der Waals surface area contributed by atoms with Gasteiger partial charge in [-0.15, -0.1) is 10.2 Å². The second-order valence-electron chi connectivity index (χ2n) is 12.4. The van der Waals surface area contributed by atoms with Crippen LogP contribution < -0.4 is 18.9 Å². The minimum atomic E-state index is -4.20. The highest BCUT2D eigenvalue weighted by atomic mass is 32.2. The Morgan fingerprint density at radius 1 is 0.889 bits per heavy atom. The molecule has 0 spiro atoms. The molecule has 0 amide bonds. The van der Waals surface area contributed by atoms with Crippen LogP contribution in [-0.2, 0) is 14.8 Å². The minimum absolute atomic E-state index is 0.120. The topological polar surface area (TPSA) is 152 Å². The van der Waals surface area contributed by atoms with Gasteiger partial charge in [-0.1, -0.05) is 12.1 Å². The first-order valence-electron chi connectivity index (χ1n) is 14.3. The molecule has 0 unspecified atom stereocenters. The van der Waals surface area contributed by atoms with Crippen LogP contribution in [0.5, 0.6) is 17.4 Å². The van der Waals surface area contributed by atoms with Crippen molar-refractivity contribution in [3.63, 3.8) is 0 Å². The zero-order chi connectivity index (χ0) is 33.2. The third-order valence-electron chi connectivity index (χ3n) is 6.30. The third kappa shape index (κ3) is 8.23. The van der Waals surface area contributed by atoms with E-state index in [-0.39, 0.29) is 17.6 Å². The zero-order valence-electron chi connectivity index (χ0n) is 27.3. The molecule has 0 aliphatic heterocycles. The Morgan fingerprint density at radius 2 is 1.47 bits per heavy atom. The van der Waals surface area contributed by atoms with E-state index in [0.717, 1.165) is 5.56 Å². The number of rotatable bonds is 13. The van der Waals surface area contributed by atoms with E-state index in [4.69, 9.17) is 18.9 Å². The van der Waals surface area contributed by atoms with Gasteiger partial charge in [-0.25, -0.2) is 23.4 Å². The van der Waals surface area contributed by atoms with Gasteiger partial charge in [-0.05, 0) is 37.6 Å².